The van der Waals surface area contributed by atoms with Crippen molar-refractivity contribution in [3.05, 3.63) is 39.5 Å². The quantitative estimate of drug-likeness (QED) is 0.924. The molecule has 0 unspecified atom stereocenters. The van der Waals surface area contributed by atoms with Crippen LogP contribution >= 0.6 is 23.2 Å². The molecular weight excluding hydrogens is 309 g/mol. The number of nitrogens with one attached hydrogen (secondary N) is 1. The molecule has 1 aliphatic rings. The SMILES string of the molecule is COCc1nn(-c2ccc(Cl)c(Cl)c2)c2c1CCCCN2. The van der Waals surface area contributed by atoms with Crippen molar-refractivity contribution in [2.45, 2.75) is 25.9 Å². The Morgan fingerprint density at radius 3 is 2.90 bits per heavy atom. The topological polar surface area (TPSA) is 39.1 Å². The largest absolute Gasteiger partial charge is 0.378 e. The molecule has 0 radical (unpaired) electrons. The zero-order valence-corrected chi connectivity index (χ0v) is 13.3. The molecule has 0 fully saturated rings. The average Bonchev–Trinajstić information content (AvgIpc) is 2.66. The second-order valence-corrected chi connectivity index (χ2v) is 5.92. The van der Waals surface area contributed by atoms with Crippen LogP contribution in [0.4, 0.5) is 5.82 Å². The van der Waals surface area contributed by atoms with E-state index in [-0.39, 0.29) is 0 Å². The van der Waals surface area contributed by atoms with E-state index in [0.29, 0.717) is 16.7 Å². The highest BCUT2D eigenvalue weighted by atomic mass is 35.5. The van der Waals surface area contributed by atoms with Crippen LogP contribution in [-0.4, -0.2) is 23.4 Å². The molecule has 21 heavy (non-hydrogen) atoms. The van der Waals surface area contributed by atoms with Crippen molar-refractivity contribution in [1.82, 2.24) is 9.78 Å². The fourth-order valence-electron chi connectivity index (χ4n) is 2.63. The molecule has 2 aromatic rings. The van der Waals surface area contributed by atoms with Gasteiger partial charge in [-0.05, 0) is 37.5 Å². The van der Waals surface area contributed by atoms with E-state index in [1.165, 1.54) is 5.56 Å². The minimum atomic E-state index is 0.512. The van der Waals surface area contributed by atoms with E-state index in [1.807, 2.05) is 16.8 Å². The van der Waals surface area contributed by atoms with E-state index < -0.39 is 0 Å². The molecule has 0 spiro atoms. The van der Waals surface area contributed by atoms with Crippen molar-refractivity contribution in [3.8, 4) is 5.69 Å². The van der Waals surface area contributed by atoms with E-state index in [9.17, 15) is 0 Å². The van der Waals surface area contributed by atoms with E-state index in [2.05, 4.69) is 5.32 Å². The number of hydrogen-bond donors (Lipinski definition) is 1. The van der Waals surface area contributed by atoms with Gasteiger partial charge in [0.05, 0.1) is 28.0 Å². The summed E-state index contributed by atoms with van der Waals surface area (Å²) in [5, 5.41) is 9.24. The Bertz CT molecular complexity index is 655. The molecule has 3 rings (SSSR count). The van der Waals surface area contributed by atoms with Gasteiger partial charge < -0.3 is 10.1 Å². The molecule has 1 N–H and O–H groups in total. The summed E-state index contributed by atoms with van der Waals surface area (Å²) in [4.78, 5) is 0. The number of methoxy groups -OCH3 is 1. The van der Waals surface area contributed by atoms with Gasteiger partial charge in [0.2, 0.25) is 0 Å². The lowest BCUT2D eigenvalue weighted by molar-refractivity contribution is 0.180. The summed E-state index contributed by atoms with van der Waals surface area (Å²) in [5.41, 5.74) is 3.12. The molecule has 0 saturated heterocycles. The second kappa shape index (κ2) is 6.26. The van der Waals surface area contributed by atoms with E-state index in [4.69, 9.17) is 33.0 Å². The molecule has 0 aliphatic carbocycles. The molecule has 1 aliphatic heterocycles. The minimum absolute atomic E-state index is 0.512. The molecular formula is C15H17Cl2N3O. The standard InChI is InChI=1S/C15H17Cl2N3O/c1-21-9-14-11-4-2-3-7-18-15(11)20(19-14)10-5-6-12(16)13(17)8-10/h5-6,8,18H,2-4,7,9H2,1H3. The van der Waals surface area contributed by atoms with Gasteiger partial charge in [-0.1, -0.05) is 23.2 Å². The summed E-state index contributed by atoms with van der Waals surface area (Å²) in [6.45, 7) is 1.46. The molecule has 1 aromatic heterocycles. The number of aromatic nitrogens is 2. The summed E-state index contributed by atoms with van der Waals surface area (Å²) in [7, 11) is 1.69. The smallest absolute Gasteiger partial charge is 0.133 e. The number of nitrogens with zero attached hydrogens (tertiary/aromatic N) is 2. The Morgan fingerprint density at radius 2 is 2.14 bits per heavy atom. The van der Waals surface area contributed by atoms with Gasteiger partial charge in [0, 0.05) is 19.2 Å². The monoisotopic (exact) mass is 325 g/mol. The normalized spacial score (nSPS) is 14.4. The van der Waals surface area contributed by atoms with Crippen LogP contribution in [0.1, 0.15) is 24.1 Å². The Labute approximate surface area is 134 Å². The highest BCUT2D eigenvalue weighted by Gasteiger charge is 2.20. The molecule has 0 bridgehead atoms. The molecule has 0 amide bonds. The fourth-order valence-corrected chi connectivity index (χ4v) is 2.92. The van der Waals surface area contributed by atoms with Crippen LogP contribution in [-0.2, 0) is 17.8 Å². The maximum atomic E-state index is 6.13. The van der Waals surface area contributed by atoms with E-state index >= 15 is 0 Å². The zero-order valence-electron chi connectivity index (χ0n) is 11.8. The molecule has 2 heterocycles. The van der Waals surface area contributed by atoms with Gasteiger partial charge in [0.25, 0.3) is 0 Å². The minimum Gasteiger partial charge on any atom is -0.378 e. The predicted molar refractivity (Wildman–Crippen MR) is 85.7 cm³/mol. The molecule has 112 valence electrons. The van der Waals surface area contributed by atoms with Gasteiger partial charge >= 0.3 is 0 Å². The maximum absolute atomic E-state index is 6.13. The van der Waals surface area contributed by atoms with Gasteiger partial charge in [-0.2, -0.15) is 5.10 Å². The Kier molecular flexibility index (Phi) is 4.38. The first-order valence-electron chi connectivity index (χ1n) is 6.99. The molecule has 4 nitrogen and oxygen atoms in total. The number of halogens is 2. The number of rotatable bonds is 3. The highest BCUT2D eigenvalue weighted by Crippen LogP contribution is 2.31. The van der Waals surface area contributed by atoms with E-state index in [0.717, 1.165) is 43.0 Å². The number of benzene rings is 1. The first-order valence-corrected chi connectivity index (χ1v) is 7.75. The first kappa shape index (κ1) is 14.7. The molecule has 0 atom stereocenters. The number of ether oxygens (including phenoxy) is 1. The third-order valence-corrected chi connectivity index (χ3v) is 4.38. The van der Waals surface area contributed by atoms with Crippen molar-refractivity contribution in [2.24, 2.45) is 0 Å². The number of hydrogen-bond acceptors (Lipinski definition) is 3. The lowest BCUT2D eigenvalue weighted by Crippen LogP contribution is -2.07. The first-order chi connectivity index (χ1) is 10.2. The van der Waals surface area contributed by atoms with Crippen molar-refractivity contribution < 1.29 is 4.74 Å². The second-order valence-electron chi connectivity index (χ2n) is 5.10. The van der Waals surface area contributed by atoms with Gasteiger partial charge in [0.1, 0.15) is 5.82 Å². The fraction of sp³-hybridized carbons (Fsp3) is 0.400. The molecule has 0 saturated carbocycles. The van der Waals surface area contributed by atoms with Crippen molar-refractivity contribution in [3.63, 3.8) is 0 Å². The zero-order chi connectivity index (χ0) is 14.8. The van der Waals surface area contributed by atoms with Crippen LogP contribution in [0.5, 0.6) is 0 Å². The molecule has 6 heteroatoms. The average molecular weight is 326 g/mol. The van der Waals surface area contributed by atoms with Crippen molar-refractivity contribution >= 4 is 29.0 Å². The van der Waals surface area contributed by atoms with Crippen LogP contribution in [0.2, 0.25) is 10.0 Å². The summed E-state index contributed by atoms with van der Waals surface area (Å²) in [6.07, 6.45) is 3.33. The van der Waals surface area contributed by atoms with E-state index in [1.54, 1.807) is 13.2 Å². The summed E-state index contributed by atoms with van der Waals surface area (Å²) in [5.74, 6) is 1.04. The highest BCUT2D eigenvalue weighted by molar-refractivity contribution is 6.42. The Hall–Kier alpha value is -1.23. The maximum Gasteiger partial charge on any atom is 0.133 e. The van der Waals surface area contributed by atoms with Gasteiger partial charge in [-0.15, -0.1) is 0 Å². The Balaban J connectivity index is 2.10. The van der Waals surface area contributed by atoms with Crippen LogP contribution in [0, 0.1) is 0 Å². The number of anilines is 1. The summed E-state index contributed by atoms with van der Waals surface area (Å²) >= 11 is 12.1. The lowest BCUT2D eigenvalue weighted by atomic mass is 10.1. The lowest BCUT2D eigenvalue weighted by Gasteiger charge is -2.10. The summed E-state index contributed by atoms with van der Waals surface area (Å²) in [6, 6.07) is 5.55. The van der Waals surface area contributed by atoms with Crippen LogP contribution in [0.25, 0.3) is 5.69 Å². The van der Waals surface area contributed by atoms with Gasteiger partial charge in [0.15, 0.2) is 0 Å². The van der Waals surface area contributed by atoms with Crippen LogP contribution in [0.15, 0.2) is 18.2 Å². The summed E-state index contributed by atoms with van der Waals surface area (Å²) < 4.78 is 7.18. The van der Waals surface area contributed by atoms with Crippen molar-refractivity contribution in [1.29, 1.82) is 0 Å². The number of fused-ring (bicyclic) bond motifs is 1. The third kappa shape index (κ3) is 2.89. The Morgan fingerprint density at radius 1 is 1.29 bits per heavy atom. The van der Waals surface area contributed by atoms with Crippen LogP contribution < -0.4 is 5.32 Å². The predicted octanol–water partition coefficient (Wildman–Crippen LogP) is 4.07. The van der Waals surface area contributed by atoms with Crippen LogP contribution in [0.3, 0.4) is 0 Å². The van der Waals surface area contributed by atoms with Crippen molar-refractivity contribution in [2.75, 3.05) is 19.0 Å². The third-order valence-electron chi connectivity index (χ3n) is 3.64. The van der Waals surface area contributed by atoms with Gasteiger partial charge in [-0.25, -0.2) is 4.68 Å². The molecule has 1 aromatic carbocycles. The van der Waals surface area contributed by atoms with Gasteiger partial charge in [-0.3, -0.25) is 0 Å².